The van der Waals surface area contributed by atoms with Crippen LogP contribution < -0.4 is 9.47 Å². The van der Waals surface area contributed by atoms with Gasteiger partial charge in [0.15, 0.2) is 0 Å². The van der Waals surface area contributed by atoms with Crippen molar-refractivity contribution in [3.05, 3.63) is 59.7 Å². The zero-order valence-electron chi connectivity index (χ0n) is 20.2. The first kappa shape index (κ1) is 24.8. The van der Waals surface area contributed by atoms with Crippen LogP contribution in [0.1, 0.15) is 49.7 Å². The summed E-state index contributed by atoms with van der Waals surface area (Å²) in [6, 6.07) is 16.4. The topological polar surface area (TPSA) is 49.5 Å². The normalized spacial score (nSPS) is 17.2. The molecule has 5 nitrogen and oxygen atoms in total. The Labute approximate surface area is 204 Å². The van der Waals surface area contributed by atoms with Gasteiger partial charge in [-0.2, -0.15) is 0 Å². The van der Waals surface area contributed by atoms with E-state index in [0.29, 0.717) is 12.7 Å². The maximum atomic E-state index is 5.84. The third-order valence-corrected chi connectivity index (χ3v) is 5.89. The van der Waals surface area contributed by atoms with Gasteiger partial charge in [-0.25, -0.2) is 0 Å². The first-order chi connectivity index (χ1) is 16.8. The minimum atomic E-state index is 0.346. The molecule has 184 valence electrons. The molecule has 34 heavy (non-hydrogen) atoms. The Kier molecular flexibility index (Phi) is 10.3. The van der Waals surface area contributed by atoms with Crippen LogP contribution in [0.15, 0.2) is 48.5 Å². The summed E-state index contributed by atoms with van der Waals surface area (Å²) in [5.41, 5.74) is 2.30. The number of hydrogen-bond donors (Lipinski definition) is 0. The van der Waals surface area contributed by atoms with Crippen molar-refractivity contribution in [2.45, 2.75) is 44.6 Å². The molecular formula is C29H38O5. The van der Waals surface area contributed by atoms with E-state index in [9.17, 15) is 0 Å². The lowest BCUT2D eigenvalue weighted by molar-refractivity contribution is 0.110. The number of epoxide rings is 1. The average molecular weight is 467 g/mol. The van der Waals surface area contributed by atoms with Crippen LogP contribution in [-0.4, -0.2) is 52.4 Å². The van der Waals surface area contributed by atoms with Gasteiger partial charge in [-0.3, -0.25) is 0 Å². The van der Waals surface area contributed by atoms with Gasteiger partial charge in [0, 0.05) is 19.8 Å². The molecule has 2 aliphatic rings. The Bertz CT molecular complexity index is 766. The molecule has 4 rings (SSSR count). The highest BCUT2D eigenvalue weighted by Crippen LogP contribution is 2.28. The summed E-state index contributed by atoms with van der Waals surface area (Å²) in [6.45, 7) is 5.60. The molecule has 2 fully saturated rings. The number of ether oxygens (including phenoxy) is 5. The largest absolute Gasteiger partial charge is 0.494 e. The van der Waals surface area contributed by atoms with E-state index in [-0.39, 0.29) is 0 Å². The van der Waals surface area contributed by atoms with Gasteiger partial charge in [0.1, 0.15) is 17.6 Å². The summed E-state index contributed by atoms with van der Waals surface area (Å²) in [5.74, 6) is 2.66. The van der Waals surface area contributed by atoms with Crippen LogP contribution in [0.3, 0.4) is 0 Å². The summed E-state index contributed by atoms with van der Waals surface area (Å²) in [7, 11) is 0. The van der Waals surface area contributed by atoms with Crippen molar-refractivity contribution in [2.75, 3.05) is 46.2 Å². The first-order valence-corrected chi connectivity index (χ1v) is 12.8. The zero-order chi connectivity index (χ0) is 23.3. The maximum Gasteiger partial charge on any atom is 0.119 e. The Morgan fingerprint density at radius 3 is 1.59 bits per heavy atom. The van der Waals surface area contributed by atoms with Crippen molar-refractivity contribution in [3.63, 3.8) is 0 Å². The summed E-state index contributed by atoms with van der Waals surface area (Å²) in [5, 5.41) is 0. The second-order valence-corrected chi connectivity index (χ2v) is 9.13. The van der Waals surface area contributed by atoms with E-state index in [0.717, 1.165) is 93.9 Å². The van der Waals surface area contributed by atoms with Crippen LogP contribution in [0, 0.1) is 5.92 Å². The van der Waals surface area contributed by atoms with Crippen molar-refractivity contribution in [1.82, 2.24) is 0 Å². The molecule has 0 aromatic heterocycles. The van der Waals surface area contributed by atoms with Crippen molar-refractivity contribution in [1.29, 1.82) is 0 Å². The van der Waals surface area contributed by atoms with Gasteiger partial charge in [0.2, 0.25) is 0 Å². The minimum absolute atomic E-state index is 0.346. The highest BCUT2D eigenvalue weighted by molar-refractivity contribution is 5.70. The van der Waals surface area contributed by atoms with Crippen molar-refractivity contribution < 1.29 is 23.7 Å². The van der Waals surface area contributed by atoms with Crippen LogP contribution in [0.4, 0.5) is 0 Å². The van der Waals surface area contributed by atoms with Crippen molar-refractivity contribution in [3.8, 4) is 11.5 Å². The molecule has 2 aromatic rings. The summed E-state index contributed by atoms with van der Waals surface area (Å²) < 4.78 is 28.0. The van der Waals surface area contributed by atoms with Crippen LogP contribution in [0.2, 0.25) is 0 Å². The van der Waals surface area contributed by atoms with Crippen molar-refractivity contribution in [2.24, 2.45) is 5.92 Å². The first-order valence-electron chi connectivity index (χ1n) is 12.8. The van der Waals surface area contributed by atoms with E-state index in [1.807, 2.05) is 24.3 Å². The standard InChI is InChI=1S/C29H38O5/c1(17-30-21-26-7-8-26)3-19-32-27-13-9-24(10-14-27)5-6-25-11-15-28(16-12-25)33-20-4-2-18-31-22-29-23-34-29/h5-6,9-16,26,29H,1-4,7-8,17-23H2/b6-5+. The molecule has 1 atom stereocenters. The second-order valence-electron chi connectivity index (χ2n) is 9.13. The quantitative estimate of drug-likeness (QED) is 0.153. The molecule has 5 heteroatoms. The molecule has 2 aromatic carbocycles. The van der Waals surface area contributed by atoms with Crippen LogP contribution in [0.25, 0.3) is 12.2 Å². The molecule has 0 amide bonds. The van der Waals surface area contributed by atoms with Crippen LogP contribution in [0.5, 0.6) is 11.5 Å². The summed E-state index contributed by atoms with van der Waals surface area (Å²) >= 11 is 0. The van der Waals surface area contributed by atoms with E-state index < -0.39 is 0 Å². The minimum Gasteiger partial charge on any atom is -0.494 e. The Morgan fingerprint density at radius 1 is 0.647 bits per heavy atom. The maximum absolute atomic E-state index is 5.84. The van der Waals surface area contributed by atoms with E-state index in [2.05, 4.69) is 36.4 Å². The predicted octanol–water partition coefficient (Wildman–Crippen LogP) is 6.02. The fourth-order valence-electron chi connectivity index (χ4n) is 3.45. The number of hydrogen-bond acceptors (Lipinski definition) is 5. The van der Waals surface area contributed by atoms with E-state index in [4.69, 9.17) is 23.7 Å². The molecule has 1 heterocycles. The van der Waals surface area contributed by atoms with E-state index >= 15 is 0 Å². The molecule has 0 N–H and O–H groups in total. The SMILES string of the molecule is C(=C\c1ccc(OCCCCOCC2CO2)cc1)/c1ccc(OCCCCOCC2CC2)cc1. The van der Waals surface area contributed by atoms with E-state index in [1.54, 1.807) is 0 Å². The molecule has 1 saturated carbocycles. The van der Waals surface area contributed by atoms with Crippen molar-refractivity contribution >= 4 is 12.2 Å². The van der Waals surface area contributed by atoms with Gasteiger partial charge < -0.3 is 23.7 Å². The van der Waals surface area contributed by atoms with Gasteiger partial charge in [0.25, 0.3) is 0 Å². The fraction of sp³-hybridized carbons (Fsp3) is 0.517. The fourth-order valence-corrected chi connectivity index (χ4v) is 3.45. The molecule has 0 radical (unpaired) electrons. The summed E-state index contributed by atoms with van der Waals surface area (Å²) in [6.07, 6.45) is 11.4. The number of rotatable bonds is 18. The lowest BCUT2D eigenvalue weighted by atomic mass is 10.1. The monoisotopic (exact) mass is 466 g/mol. The lowest BCUT2D eigenvalue weighted by Crippen LogP contribution is -2.04. The molecule has 1 saturated heterocycles. The summed E-state index contributed by atoms with van der Waals surface area (Å²) in [4.78, 5) is 0. The molecule has 1 unspecified atom stereocenters. The molecule has 1 aliphatic heterocycles. The highest BCUT2D eigenvalue weighted by Gasteiger charge is 2.22. The molecule has 1 aliphatic carbocycles. The van der Waals surface area contributed by atoms with Gasteiger partial charge >= 0.3 is 0 Å². The van der Waals surface area contributed by atoms with Gasteiger partial charge in [-0.15, -0.1) is 0 Å². The van der Waals surface area contributed by atoms with Crippen LogP contribution >= 0.6 is 0 Å². The molecule has 0 spiro atoms. The van der Waals surface area contributed by atoms with Gasteiger partial charge in [-0.05, 0) is 79.8 Å². The molecular weight excluding hydrogens is 428 g/mol. The van der Waals surface area contributed by atoms with Gasteiger partial charge in [0.05, 0.1) is 26.4 Å². The average Bonchev–Trinajstić information content (AvgIpc) is 3.79. The molecule has 0 bridgehead atoms. The Balaban J connectivity index is 1.06. The smallest absolute Gasteiger partial charge is 0.119 e. The number of unbranched alkanes of at least 4 members (excludes halogenated alkanes) is 2. The predicted molar refractivity (Wildman–Crippen MR) is 135 cm³/mol. The van der Waals surface area contributed by atoms with Crippen LogP contribution in [-0.2, 0) is 14.2 Å². The van der Waals surface area contributed by atoms with E-state index in [1.165, 1.54) is 12.8 Å². The third kappa shape index (κ3) is 10.3. The third-order valence-electron chi connectivity index (χ3n) is 5.89. The second kappa shape index (κ2) is 14.1. The zero-order valence-corrected chi connectivity index (χ0v) is 20.2. The Morgan fingerprint density at radius 2 is 1.12 bits per heavy atom. The lowest BCUT2D eigenvalue weighted by Gasteiger charge is -2.07. The Hall–Kier alpha value is -2.34. The highest BCUT2D eigenvalue weighted by atomic mass is 16.6. The number of benzene rings is 2. The van der Waals surface area contributed by atoms with Gasteiger partial charge in [-0.1, -0.05) is 36.4 Å².